The van der Waals surface area contributed by atoms with Gasteiger partial charge in [0, 0.05) is 16.7 Å². The number of rotatable bonds is 5. The van der Waals surface area contributed by atoms with E-state index in [0.717, 1.165) is 18.5 Å². The SMILES string of the molecule is CCCc1[nH]c(=O)c(C(=O)NCCO)cc1Br. The maximum atomic E-state index is 11.7. The van der Waals surface area contributed by atoms with Gasteiger partial charge in [-0.3, -0.25) is 9.59 Å². The van der Waals surface area contributed by atoms with Crippen molar-refractivity contribution < 1.29 is 9.90 Å². The van der Waals surface area contributed by atoms with Gasteiger partial charge in [-0.25, -0.2) is 0 Å². The molecule has 5 nitrogen and oxygen atoms in total. The highest BCUT2D eigenvalue weighted by Crippen LogP contribution is 2.15. The first-order valence-corrected chi connectivity index (χ1v) is 6.20. The molecule has 3 N–H and O–H groups in total. The van der Waals surface area contributed by atoms with Crippen LogP contribution in [0.25, 0.3) is 0 Å². The summed E-state index contributed by atoms with van der Waals surface area (Å²) >= 11 is 3.32. The monoisotopic (exact) mass is 302 g/mol. The third-order valence-corrected chi connectivity index (χ3v) is 2.92. The molecule has 0 saturated carbocycles. The zero-order valence-corrected chi connectivity index (χ0v) is 11.1. The van der Waals surface area contributed by atoms with Gasteiger partial charge in [-0.1, -0.05) is 13.3 Å². The molecule has 0 atom stereocenters. The minimum absolute atomic E-state index is 0.0465. The van der Waals surface area contributed by atoms with Gasteiger partial charge in [0.05, 0.1) is 6.61 Å². The van der Waals surface area contributed by atoms with Gasteiger partial charge >= 0.3 is 0 Å². The molecular weight excluding hydrogens is 288 g/mol. The molecular formula is C11H15BrN2O3. The third kappa shape index (κ3) is 3.67. The highest BCUT2D eigenvalue weighted by molar-refractivity contribution is 9.10. The average molecular weight is 303 g/mol. The summed E-state index contributed by atoms with van der Waals surface area (Å²) in [6.07, 6.45) is 1.65. The van der Waals surface area contributed by atoms with Crippen LogP contribution in [0, 0.1) is 0 Å². The van der Waals surface area contributed by atoms with E-state index in [1.165, 1.54) is 6.07 Å². The number of aryl methyl sites for hydroxylation is 1. The maximum absolute atomic E-state index is 11.7. The Bertz CT molecular complexity index is 457. The first-order chi connectivity index (χ1) is 8.10. The number of aromatic amines is 1. The van der Waals surface area contributed by atoms with Crippen LogP contribution < -0.4 is 10.9 Å². The quantitative estimate of drug-likeness (QED) is 0.753. The Morgan fingerprint density at radius 3 is 2.88 bits per heavy atom. The summed E-state index contributed by atoms with van der Waals surface area (Å²) in [6.45, 7) is 1.98. The van der Waals surface area contributed by atoms with E-state index in [1.807, 2.05) is 6.92 Å². The van der Waals surface area contributed by atoms with Crippen LogP contribution in [0.5, 0.6) is 0 Å². The molecule has 1 aromatic heterocycles. The molecule has 0 aromatic carbocycles. The van der Waals surface area contributed by atoms with Crippen LogP contribution in [-0.4, -0.2) is 29.1 Å². The number of aliphatic hydroxyl groups excluding tert-OH is 1. The van der Waals surface area contributed by atoms with Crippen molar-refractivity contribution in [2.75, 3.05) is 13.2 Å². The number of hydrogen-bond acceptors (Lipinski definition) is 3. The van der Waals surface area contributed by atoms with Crippen molar-refractivity contribution in [1.29, 1.82) is 0 Å². The Kier molecular flexibility index (Phi) is 5.37. The molecule has 0 unspecified atom stereocenters. The summed E-state index contributed by atoms with van der Waals surface area (Å²) in [5.41, 5.74) is 0.425. The highest BCUT2D eigenvalue weighted by Gasteiger charge is 2.12. The lowest BCUT2D eigenvalue weighted by molar-refractivity contribution is 0.0943. The zero-order valence-electron chi connectivity index (χ0n) is 9.55. The van der Waals surface area contributed by atoms with Crippen LogP contribution in [0.1, 0.15) is 29.4 Å². The summed E-state index contributed by atoms with van der Waals surface area (Å²) in [7, 11) is 0. The van der Waals surface area contributed by atoms with Crippen LogP contribution in [0.2, 0.25) is 0 Å². The van der Waals surface area contributed by atoms with Gasteiger partial charge in [0.25, 0.3) is 11.5 Å². The van der Waals surface area contributed by atoms with E-state index in [4.69, 9.17) is 5.11 Å². The number of hydrogen-bond donors (Lipinski definition) is 3. The second kappa shape index (κ2) is 6.56. The Balaban J connectivity index is 2.99. The Hall–Kier alpha value is -1.14. The van der Waals surface area contributed by atoms with Gasteiger partial charge in [0.1, 0.15) is 5.56 Å². The van der Waals surface area contributed by atoms with Crippen molar-refractivity contribution in [2.45, 2.75) is 19.8 Å². The van der Waals surface area contributed by atoms with Gasteiger partial charge in [-0.2, -0.15) is 0 Å². The molecule has 0 aliphatic carbocycles. The molecule has 1 amide bonds. The van der Waals surface area contributed by atoms with Crippen LogP contribution in [0.3, 0.4) is 0 Å². The number of pyridine rings is 1. The molecule has 1 rings (SSSR count). The van der Waals surface area contributed by atoms with Crippen molar-refractivity contribution >= 4 is 21.8 Å². The van der Waals surface area contributed by atoms with Crippen molar-refractivity contribution in [1.82, 2.24) is 10.3 Å². The van der Waals surface area contributed by atoms with Crippen molar-refractivity contribution in [3.05, 3.63) is 32.2 Å². The number of nitrogens with one attached hydrogen (secondary N) is 2. The number of carbonyl (C=O) groups excluding carboxylic acids is 1. The Morgan fingerprint density at radius 2 is 2.29 bits per heavy atom. The number of halogens is 1. The smallest absolute Gasteiger partial charge is 0.261 e. The molecule has 0 aliphatic rings. The lowest BCUT2D eigenvalue weighted by Gasteiger charge is -2.06. The zero-order chi connectivity index (χ0) is 12.8. The second-order valence-corrected chi connectivity index (χ2v) is 4.42. The summed E-state index contributed by atoms with van der Waals surface area (Å²) in [5, 5.41) is 11.0. The first-order valence-electron chi connectivity index (χ1n) is 5.41. The van der Waals surface area contributed by atoms with E-state index in [9.17, 15) is 9.59 Å². The fraction of sp³-hybridized carbons (Fsp3) is 0.455. The maximum Gasteiger partial charge on any atom is 0.261 e. The van der Waals surface area contributed by atoms with E-state index >= 15 is 0 Å². The molecule has 0 radical (unpaired) electrons. The third-order valence-electron chi connectivity index (χ3n) is 2.21. The lowest BCUT2D eigenvalue weighted by atomic mass is 10.2. The van der Waals surface area contributed by atoms with E-state index in [1.54, 1.807) is 0 Å². The number of amides is 1. The molecule has 94 valence electrons. The van der Waals surface area contributed by atoms with Gasteiger partial charge in [-0.05, 0) is 28.4 Å². The average Bonchev–Trinajstić information content (AvgIpc) is 2.30. The number of carbonyl (C=O) groups is 1. The van der Waals surface area contributed by atoms with E-state index in [-0.39, 0.29) is 18.7 Å². The van der Waals surface area contributed by atoms with Crippen LogP contribution >= 0.6 is 15.9 Å². The number of H-pyrrole nitrogens is 1. The Labute approximate surface area is 107 Å². The minimum Gasteiger partial charge on any atom is -0.395 e. The normalized spacial score (nSPS) is 10.3. The van der Waals surface area contributed by atoms with Gasteiger partial charge in [-0.15, -0.1) is 0 Å². The predicted molar refractivity (Wildman–Crippen MR) is 68.2 cm³/mol. The summed E-state index contributed by atoms with van der Waals surface area (Å²) in [6, 6.07) is 1.51. The standard InChI is InChI=1S/C11H15BrN2O3/c1-2-3-9-8(12)6-7(11(17)14-9)10(16)13-4-5-15/h6,15H,2-5H2,1H3,(H,13,16)(H,14,17). The van der Waals surface area contributed by atoms with E-state index < -0.39 is 11.5 Å². The summed E-state index contributed by atoms with van der Waals surface area (Å²) in [5.74, 6) is -0.482. The van der Waals surface area contributed by atoms with E-state index in [2.05, 4.69) is 26.2 Å². The van der Waals surface area contributed by atoms with Crippen LogP contribution in [0.4, 0.5) is 0 Å². The van der Waals surface area contributed by atoms with Gasteiger partial charge in [0.15, 0.2) is 0 Å². The molecule has 0 saturated heterocycles. The van der Waals surface area contributed by atoms with E-state index in [0.29, 0.717) is 4.47 Å². The molecule has 17 heavy (non-hydrogen) atoms. The molecule has 1 heterocycles. The summed E-state index contributed by atoms with van der Waals surface area (Å²) < 4.78 is 0.716. The highest BCUT2D eigenvalue weighted by atomic mass is 79.9. The van der Waals surface area contributed by atoms with Crippen LogP contribution in [-0.2, 0) is 6.42 Å². The largest absolute Gasteiger partial charge is 0.395 e. The fourth-order valence-corrected chi connectivity index (χ4v) is 1.93. The number of aromatic nitrogens is 1. The molecule has 0 spiro atoms. The molecule has 1 aromatic rings. The molecule has 0 aliphatic heterocycles. The Morgan fingerprint density at radius 1 is 1.59 bits per heavy atom. The van der Waals surface area contributed by atoms with Gasteiger partial charge in [0.2, 0.25) is 0 Å². The van der Waals surface area contributed by atoms with Crippen molar-refractivity contribution in [3.63, 3.8) is 0 Å². The first kappa shape index (κ1) is 13.9. The number of aliphatic hydroxyl groups is 1. The van der Waals surface area contributed by atoms with Crippen LogP contribution in [0.15, 0.2) is 15.3 Å². The summed E-state index contributed by atoms with van der Waals surface area (Å²) in [4.78, 5) is 25.9. The molecule has 0 fully saturated rings. The van der Waals surface area contributed by atoms with Crippen molar-refractivity contribution in [2.24, 2.45) is 0 Å². The minimum atomic E-state index is -0.482. The topological polar surface area (TPSA) is 82.2 Å². The van der Waals surface area contributed by atoms with Crippen molar-refractivity contribution in [3.8, 4) is 0 Å². The second-order valence-electron chi connectivity index (χ2n) is 3.57. The predicted octanol–water partition coefficient (Wildman–Crippen LogP) is 0.812. The van der Waals surface area contributed by atoms with Gasteiger partial charge < -0.3 is 15.4 Å². The molecule has 0 bridgehead atoms. The lowest BCUT2D eigenvalue weighted by Crippen LogP contribution is -2.31. The fourth-order valence-electron chi connectivity index (χ4n) is 1.41. The molecule has 6 heteroatoms.